The molecule has 140 valence electrons. The highest BCUT2D eigenvalue weighted by Crippen LogP contribution is 2.44. The van der Waals surface area contributed by atoms with Crippen LogP contribution in [0.15, 0.2) is 80.7 Å². The Morgan fingerprint density at radius 3 is 2.75 bits per heavy atom. The van der Waals surface area contributed by atoms with Crippen molar-refractivity contribution in [3.63, 3.8) is 0 Å². The molecule has 1 aliphatic carbocycles. The van der Waals surface area contributed by atoms with Crippen LogP contribution in [0, 0.1) is 5.92 Å². The molecular weight excluding hydrogens is 354 g/mol. The highest BCUT2D eigenvalue weighted by molar-refractivity contribution is 6.08. The van der Waals surface area contributed by atoms with E-state index in [9.17, 15) is 4.79 Å². The number of fused-ring (bicyclic) bond motifs is 1. The van der Waals surface area contributed by atoms with Crippen molar-refractivity contribution >= 4 is 17.7 Å². The molecule has 0 N–H and O–H groups in total. The Hall–Kier alpha value is -3.41. The van der Waals surface area contributed by atoms with Crippen LogP contribution in [0.4, 0.5) is 0 Å². The number of furan rings is 2. The average molecular weight is 373 g/mol. The fourth-order valence-electron chi connectivity index (χ4n) is 4.06. The first-order valence-corrected chi connectivity index (χ1v) is 9.42. The summed E-state index contributed by atoms with van der Waals surface area (Å²) in [5, 5.41) is 6.32. The van der Waals surface area contributed by atoms with E-state index in [2.05, 4.69) is 4.98 Å². The Morgan fingerprint density at radius 2 is 2.00 bits per heavy atom. The van der Waals surface area contributed by atoms with E-state index in [0.29, 0.717) is 5.69 Å². The van der Waals surface area contributed by atoms with Gasteiger partial charge in [-0.3, -0.25) is 9.78 Å². The average Bonchev–Trinajstić information content (AvgIpc) is 3.48. The summed E-state index contributed by atoms with van der Waals surface area (Å²) < 4.78 is 11.2. The largest absolute Gasteiger partial charge is 0.467 e. The van der Waals surface area contributed by atoms with Gasteiger partial charge in [0.15, 0.2) is 0 Å². The summed E-state index contributed by atoms with van der Waals surface area (Å²) in [4.78, 5) is 17.4. The Morgan fingerprint density at radius 1 is 1.11 bits per heavy atom. The molecule has 0 bridgehead atoms. The highest BCUT2D eigenvalue weighted by Gasteiger charge is 2.45. The summed E-state index contributed by atoms with van der Waals surface area (Å²) in [6.07, 6.45) is 9.83. The van der Waals surface area contributed by atoms with Crippen molar-refractivity contribution in [2.75, 3.05) is 0 Å². The van der Waals surface area contributed by atoms with Gasteiger partial charge in [0.05, 0.1) is 18.2 Å². The lowest BCUT2D eigenvalue weighted by Gasteiger charge is -2.27. The molecule has 0 unspecified atom stereocenters. The Kier molecular flexibility index (Phi) is 4.16. The molecule has 28 heavy (non-hydrogen) atoms. The number of aromatic nitrogens is 1. The zero-order valence-electron chi connectivity index (χ0n) is 15.2. The summed E-state index contributed by atoms with van der Waals surface area (Å²) >= 11 is 0. The summed E-state index contributed by atoms with van der Waals surface area (Å²) in [7, 11) is 0. The molecule has 0 radical (unpaired) electrons. The zero-order valence-corrected chi connectivity index (χ0v) is 15.2. The molecule has 5 rings (SSSR count). The standard InChI is InChI=1S/C22H19N3O3/c26-22(18-9-1-2-11-23-18)25-21(19-10-5-13-28-19)17-8-3-6-15(20(17)24-25)14-16-7-4-12-27-16/h1-2,4-5,7,9-14,17,21H,3,6,8H2/b15-14+/t17-,21-/m1/s1. The number of amides is 1. The van der Waals surface area contributed by atoms with Crippen molar-refractivity contribution in [2.24, 2.45) is 11.0 Å². The lowest BCUT2D eigenvalue weighted by Crippen LogP contribution is -2.32. The maximum absolute atomic E-state index is 13.2. The molecule has 1 amide bonds. The third kappa shape index (κ3) is 2.87. The zero-order chi connectivity index (χ0) is 18.9. The number of hydrogen-bond donors (Lipinski definition) is 0. The molecule has 2 atom stereocenters. The minimum absolute atomic E-state index is 0.0915. The van der Waals surface area contributed by atoms with Gasteiger partial charge in [-0.1, -0.05) is 6.07 Å². The first-order chi connectivity index (χ1) is 13.8. The molecule has 6 nitrogen and oxygen atoms in total. The van der Waals surface area contributed by atoms with Crippen molar-refractivity contribution in [3.8, 4) is 0 Å². The summed E-state index contributed by atoms with van der Waals surface area (Å²) in [6, 6.07) is 12.6. The number of nitrogens with zero attached hydrogens (tertiary/aromatic N) is 3. The molecule has 1 fully saturated rings. The number of pyridine rings is 1. The van der Waals surface area contributed by atoms with E-state index in [1.807, 2.05) is 30.3 Å². The number of carbonyl (C=O) groups is 1. The van der Waals surface area contributed by atoms with E-state index in [0.717, 1.165) is 42.1 Å². The smallest absolute Gasteiger partial charge is 0.293 e. The van der Waals surface area contributed by atoms with Crippen LogP contribution >= 0.6 is 0 Å². The summed E-state index contributed by atoms with van der Waals surface area (Å²) in [6.45, 7) is 0. The molecule has 0 aromatic carbocycles. The number of allylic oxidation sites excluding steroid dienone is 1. The number of hydrogen-bond acceptors (Lipinski definition) is 5. The van der Waals surface area contributed by atoms with Crippen molar-refractivity contribution in [2.45, 2.75) is 25.3 Å². The second-order valence-electron chi connectivity index (χ2n) is 6.99. The van der Waals surface area contributed by atoms with Crippen LogP contribution < -0.4 is 0 Å². The Balaban J connectivity index is 1.57. The van der Waals surface area contributed by atoms with E-state index >= 15 is 0 Å². The maximum atomic E-state index is 13.2. The summed E-state index contributed by atoms with van der Waals surface area (Å²) in [5.74, 6) is 1.41. The van der Waals surface area contributed by atoms with E-state index in [1.165, 1.54) is 0 Å². The van der Waals surface area contributed by atoms with Crippen LogP contribution in [0.3, 0.4) is 0 Å². The molecule has 3 aromatic heterocycles. The van der Waals surface area contributed by atoms with Crippen LogP contribution in [0.5, 0.6) is 0 Å². The van der Waals surface area contributed by atoms with Gasteiger partial charge < -0.3 is 8.83 Å². The van der Waals surface area contributed by atoms with E-state index in [1.54, 1.807) is 41.9 Å². The predicted molar refractivity (Wildman–Crippen MR) is 103 cm³/mol. The third-order valence-corrected chi connectivity index (χ3v) is 5.29. The monoisotopic (exact) mass is 373 g/mol. The van der Waals surface area contributed by atoms with Gasteiger partial charge in [0.2, 0.25) is 0 Å². The second kappa shape index (κ2) is 6.96. The number of rotatable bonds is 3. The van der Waals surface area contributed by atoms with Gasteiger partial charge in [0.25, 0.3) is 5.91 Å². The van der Waals surface area contributed by atoms with Gasteiger partial charge in [0, 0.05) is 12.1 Å². The van der Waals surface area contributed by atoms with E-state index in [4.69, 9.17) is 13.9 Å². The molecule has 0 saturated heterocycles. The second-order valence-corrected chi connectivity index (χ2v) is 6.99. The van der Waals surface area contributed by atoms with Gasteiger partial charge in [0.1, 0.15) is 23.3 Å². The fourth-order valence-corrected chi connectivity index (χ4v) is 4.06. The topological polar surface area (TPSA) is 71.8 Å². The number of hydrazone groups is 1. The fraction of sp³-hybridized carbons (Fsp3) is 0.227. The Labute approximate surface area is 162 Å². The van der Waals surface area contributed by atoms with E-state index < -0.39 is 0 Å². The quantitative estimate of drug-likeness (QED) is 0.667. The Bertz CT molecular complexity index is 1020. The van der Waals surface area contributed by atoms with Gasteiger partial charge in [-0.15, -0.1) is 0 Å². The molecule has 1 aliphatic heterocycles. The predicted octanol–water partition coefficient (Wildman–Crippen LogP) is 4.70. The number of carbonyl (C=O) groups excluding carboxylic acids is 1. The van der Waals surface area contributed by atoms with Crippen LogP contribution in [-0.4, -0.2) is 21.6 Å². The minimum atomic E-state index is -0.264. The van der Waals surface area contributed by atoms with Gasteiger partial charge in [-0.2, -0.15) is 5.10 Å². The van der Waals surface area contributed by atoms with Crippen LogP contribution in [0.25, 0.3) is 6.08 Å². The normalized spacial score (nSPS) is 22.9. The van der Waals surface area contributed by atoms with Crippen molar-refractivity contribution < 1.29 is 13.6 Å². The molecule has 4 heterocycles. The van der Waals surface area contributed by atoms with Gasteiger partial charge in [-0.25, -0.2) is 5.01 Å². The molecule has 6 heteroatoms. The lowest BCUT2D eigenvalue weighted by molar-refractivity contribution is 0.0650. The van der Waals surface area contributed by atoms with Crippen molar-refractivity contribution in [3.05, 3.63) is 84.0 Å². The maximum Gasteiger partial charge on any atom is 0.293 e. The van der Waals surface area contributed by atoms with Gasteiger partial charge >= 0.3 is 0 Å². The van der Waals surface area contributed by atoms with Crippen LogP contribution in [0.1, 0.15) is 47.3 Å². The van der Waals surface area contributed by atoms with Crippen molar-refractivity contribution in [1.29, 1.82) is 0 Å². The molecule has 0 spiro atoms. The van der Waals surface area contributed by atoms with Crippen LogP contribution in [-0.2, 0) is 0 Å². The molecule has 3 aromatic rings. The SMILES string of the molecule is O=C(c1ccccn1)N1N=C2/C(=C/c3ccco3)CCC[C@H]2[C@@H]1c1ccco1. The van der Waals surface area contributed by atoms with Crippen LogP contribution in [0.2, 0.25) is 0 Å². The first-order valence-electron chi connectivity index (χ1n) is 9.42. The molecular formula is C22H19N3O3. The molecule has 2 aliphatic rings. The summed E-state index contributed by atoms with van der Waals surface area (Å²) in [5.41, 5.74) is 2.42. The van der Waals surface area contributed by atoms with Crippen molar-refractivity contribution in [1.82, 2.24) is 9.99 Å². The van der Waals surface area contributed by atoms with E-state index in [-0.39, 0.29) is 17.9 Å². The lowest BCUT2D eigenvalue weighted by atomic mass is 9.79. The van der Waals surface area contributed by atoms with Gasteiger partial charge in [-0.05, 0) is 67.3 Å². The molecule has 1 saturated carbocycles. The first kappa shape index (κ1) is 16.7. The highest BCUT2D eigenvalue weighted by atomic mass is 16.3. The minimum Gasteiger partial charge on any atom is -0.467 e. The third-order valence-electron chi connectivity index (χ3n) is 5.29.